The zero-order valence-corrected chi connectivity index (χ0v) is 7.86. The summed E-state index contributed by atoms with van der Waals surface area (Å²) in [6.45, 7) is 1.40. The Bertz CT molecular complexity index is 355. The number of amides is 1. The van der Waals surface area contributed by atoms with Crippen LogP contribution in [-0.2, 0) is 9.59 Å². The molecule has 1 aromatic carbocycles. The summed E-state index contributed by atoms with van der Waals surface area (Å²) in [5.41, 5.74) is 1.34. The van der Waals surface area contributed by atoms with Crippen molar-refractivity contribution in [2.24, 2.45) is 0 Å². The molecule has 0 saturated carbocycles. The van der Waals surface area contributed by atoms with Gasteiger partial charge in [0, 0.05) is 13.0 Å². The Morgan fingerprint density at radius 2 is 1.93 bits per heavy atom. The molecule has 0 aliphatic carbocycles. The number of hydrogen-bond donors (Lipinski definition) is 1. The molecule has 1 amide bonds. The third-order valence-electron chi connectivity index (χ3n) is 1.63. The van der Waals surface area contributed by atoms with Gasteiger partial charge in [-0.2, -0.15) is 0 Å². The lowest BCUT2D eigenvalue weighted by Crippen LogP contribution is -2.18. The summed E-state index contributed by atoms with van der Waals surface area (Å²) < 4.78 is 0. The van der Waals surface area contributed by atoms with E-state index in [1.165, 1.54) is 13.0 Å². The monoisotopic (exact) mass is 189 g/mol. The second kappa shape index (κ2) is 4.97. The quantitative estimate of drug-likeness (QED) is 0.576. The fourth-order valence-corrected chi connectivity index (χ4v) is 1.09. The molecule has 0 saturated heterocycles. The lowest BCUT2D eigenvalue weighted by atomic mass is 10.1. The third-order valence-corrected chi connectivity index (χ3v) is 1.63. The first-order chi connectivity index (χ1) is 6.74. The highest BCUT2D eigenvalue weighted by atomic mass is 16.1. The summed E-state index contributed by atoms with van der Waals surface area (Å²) in [5, 5.41) is 2.59. The molecule has 3 heteroatoms. The van der Waals surface area contributed by atoms with Gasteiger partial charge in [0.05, 0.1) is 5.70 Å². The molecule has 0 bridgehead atoms. The van der Waals surface area contributed by atoms with E-state index in [1.54, 1.807) is 0 Å². The maximum absolute atomic E-state index is 10.8. The van der Waals surface area contributed by atoms with Gasteiger partial charge >= 0.3 is 0 Å². The van der Waals surface area contributed by atoms with Gasteiger partial charge < -0.3 is 5.32 Å². The second-order valence-corrected chi connectivity index (χ2v) is 2.76. The summed E-state index contributed by atoms with van der Waals surface area (Å²) in [5.74, 6) is -0.193. The van der Waals surface area contributed by atoms with E-state index in [2.05, 4.69) is 5.32 Å². The SMILES string of the molecule is CC(=O)NC(=CC=O)c1ccccc1. The van der Waals surface area contributed by atoms with Gasteiger partial charge in [-0.3, -0.25) is 9.59 Å². The van der Waals surface area contributed by atoms with E-state index in [4.69, 9.17) is 0 Å². The average molecular weight is 189 g/mol. The van der Waals surface area contributed by atoms with Crippen LogP contribution in [0, 0.1) is 0 Å². The maximum atomic E-state index is 10.8. The fourth-order valence-electron chi connectivity index (χ4n) is 1.09. The van der Waals surface area contributed by atoms with E-state index in [9.17, 15) is 9.59 Å². The fraction of sp³-hybridized carbons (Fsp3) is 0.0909. The maximum Gasteiger partial charge on any atom is 0.221 e. The first-order valence-corrected chi connectivity index (χ1v) is 4.22. The van der Waals surface area contributed by atoms with Crippen molar-refractivity contribution in [2.45, 2.75) is 6.92 Å². The van der Waals surface area contributed by atoms with E-state index < -0.39 is 0 Å². The van der Waals surface area contributed by atoms with E-state index in [1.807, 2.05) is 30.3 Å². The first kappa shape index (κ1) is 10.2. The molecule has 0 aliphatic heterocycles. The van der Waals surface area contributed by atoms with Crippen LogP contribution >= 0.6 is 0 Å². The van der Waals surface area contributed by atoms with Crippen LogP contribution in [0.15, 0.2) is 36.4 Å². The Hall–Kier alpha value is -1.90. The molecule has 14 heavy (non-hydrogen) atoms. The van der Waals surface area contributed by atoms with Gasteiger partial charge in [0.25, 0.3) is 0 Å². The van der Waals surface area contributed by atoms with Crippen LogP contribution in [0.5, 0.6) is 0 Å². The topological polar surface area (TPSA) is 46.2 Å². The van der Waals surface area contributed by atoms with Crippen molar-refractivity contribution in [1.82, 2.24) is 5.32 Å². The Balaban J connectivity index is 2.95. The lowest BCUT2D eigenvalue weighted by Gasteiger charge is -2.06. The molecule has 1 rings (SSSR count). The van der Waals surface area contributed by atoms with Crippen molar-refractivity contribution in [2.75, 3.05) is 0 Å². The summed E-state index contributed by atoms with van der Waals surface area (Å²) in [6.07, 6.45) is 1.98. The zero-order chi connectivity index (χ0) is 10.4. The van der Waals surface area contributed by atoms with Crippen molar-refractivity contribution in [3.8, 4) is 0 Å². The molecule has 3 nitrogen and oxygen atoms in total. The Morgan fingerprint density at radius 3 is 2.43 bits per heavy atom. The van der Waals surface area contributed by atoms with Gasteiger partial charge in [0.1, 0.15) is 6.29 Å². The molecule has 0 heterocycles. The van der Waals surface area contributed by atoms with Gasteiger partial charge in [0.2, 0.25) is 5.91 Å². The van der Waals surface area contributed by atoms with Crippen molar-refractivity contribution >= 4 is 17.9 Å². The number of aldehydes is 1. The minimum Gasteiger partial charge on any atom is -0.326 e. The largest absolute Gasteiger partial charge is 0.326 e. The minimum atomic E-state index is -0.193. The summed E-state index contributed by atoms with van der Waals surface area (Å²) in [7, 11) is 0. The zero-order valence-electron chi connectivity index (χ0n) is 7.86. The molecule has 0 unspecified atom stereocenters. The number of nitrogens with one attached hydrogen (secondary N) is 1. The van der Waals surface area contributed by atoms with Crippen molar-refractivity contribution in [3.05, 3.63) is 42.0 Å². The van der Waals surface area contributed by atoms with Gasteiger partial charge in [0.15, 0.2) is 0 Å². The first-order valence-electron chi connectivity index (χ1n) is 4.22. The van der Waals surface area contributed by atoms with Gasteiger partial charge in [-0.05, 0) is 5.56 Å². The molecule has 1 aromatic rings. The van der Waals surface area contributed by atoms with E-state index in [0.717, 1.165) is 5.56 Å². The number of carbonyl (C=O) groups is 2. The van der Waals surface area contributed by atoms with Crippen LogP contribution in [0.3, 0.4) is 0 Å². The van der Waals surface area contributed by atoms with Gasteiger partial charge in [-0.15, -0.1) is 0 Å². The predicted octanol–water partition coefficient (Wildman–Crippen LogP) is 1.36. The summed E-state index contributed by atoms with van der Waals surface area (Å²) >= 11 is 0. The lowest BCUT2D eigenvalue weighted by molar-refractivity contribution is -0.117. The number of rotatable bonds is 3. The van der Waals surface area contributed by atoms with Crippen molar-refractivity contribution < 1.29 is 9.59 Å². The molecular weight excluding hydrogens is 178 g/mol. The van der Waals surface area contributed by atoms with E-state index in [-0.39, 0.29) is 5.91 Å². The normalized spacial score (nSPS) is 10.8. The molecule has 0 aliphatic rings. The highest BCUT2D eigenvalue weighted by Gasteiger charge is 2.01. The van der Waals surface area contributed by atoms with Crippen LogP contribution < -0.4 is 5.32 Å². The Kier molecular flexibility index (Phi) is 3.61. The van der Waals surface area contributed by atoms with Crippen molar-refractivity contribution in [3.63, 3.8) is 0 Å². The van der Waals surface area contributed by atoms with Crippen molar-refractivity contribution in [1.29, 1.82) is 0 Å². The minimum absolute atomic E-state index is 0.193. The highest BCUT2D eigenvalue weighted by molar-refractivity contribution is 5.90. The van der Waals surface area contributed by atoms with Crippen LogP contribution in [0.25, 0.3) is 5.70 Å². The van der Waals surface area contributed by atoms with Crippen LogP contribution in [-0.4, -0.2) is 12.2 Å². The third kappa shape index (κ3) is 2.86. The number of allylic oxidation sites excluding steroid dienone is 1. The molecule has 0 aromatic heterocycles. The van der Waals surface area contributed by atoms with Crippen LogP contribution in [0.2, 0.25) is 0 Å². The summed E-state index contributed by atoms with van der Waals surface area (Å²) in [4.78, 5) is 21.2. The molecule has 1 N–H and O–H groups in total. The predicted molar refractivity (Wildman–Crippen MR) is 54.3 cm³/mol. The number of carbonyl (C=O) groups excluding carboxylic acids is 2. The summed E-state index contributed by atoms with van der Waals surface area (Å²) in [6, 6.07) is 9.21. The van der Waals surface area contributed by atoms with Gasteiger partial charge in [-0.1, -0.05) is 30.3 Å². The van der Waals surface area contributed by atoms with E-state index in [0.29, 0.717) is 12.0 Å². The number of benzene rings is 1. The number of hydrogen-bond acceptors (Lipinski definition) is 2. The van der Waals surface area contributed by atoms with Crippen LogP contribution in [0.4, 0.5) is 0 Å². The smallest absolute Gasteiger partial charge is 0.221 e. The standard InChI is InChI=1S/C11H11NO2/c1-9(14)12-11(7-8-13)10-5-3-2-4-6-10/h2-8H,1H3,(H,12,14). The second-order valence-electron chi connectivity index (χ2n) is 2.76. The molecule has 0 atom stereocenters. The molecule has 0 radical (unpaired) electrons. The Labute approximate surface area is 82.4 Å². The molecular formula is C11H11NO2. The molecule has 0 fully saturated rings. The van der Waals surface area contributed by atoms with Crippen LogP contribution in [0.1, 0.15) is 12.5 Å². The highest BCUT2D eigenvalue weighted by Crippen LogP contribution is 2.09. The molecule has 0 spiro atoms. The Morgan fingerprint density at radius 1 is 1.29 bits per heavy atom. The van der Waals surface area contributed by atoms with E-state index >= 15 is 0 Å². The van der Waals surface area contributed by atoms with Gasteiger partial charge in [-0.25, -0.2) is 0 Å². The molecule has 72 valence electrons. The average Bonchev–Trinajstić information content (AvgIpc) is 2.18.